The molecule has 2 N–H and O–H groups in total. The monoisotopic (exact) mass is 283 g/mol. The molecule has 0 amide bonds. The van der Waals surface area contributed by atoms with Gasteiger partial charge in [-0.1, -0.05) is 13.0 Å². The van der Waals surface area contributed by atoms with Crippen LogP contribution in [0.15, 0.2) is 23.4 Å². The van der Waals surface area contributed by atoms with Gasteiger partial charge in [0.25, 0.3) is 10.0 Å². The molecule has 0 saturated heterocycles. The number of nitrogens with one attached hydrogen (secondary N) is 2. The van der Waals surface area contributed by atoms with E-state index >= 15 is 0 Å². The van der Waals surface area contributed by atoms with Crippen molar-refractivity contribution in [3.63, 3.8) is 0 Å². The molecule has 0 bridgehead atoms. The number of nitrogens with zero attached hydrogens (tertiary/aromatic N) is 1. The normalized spacial score (nSPS) is 18.0. The van der Waals surface area contributed by atoms with Crippen LogP contribution >= 0.6 is 0 Å². The minimum absolute atomic E-state index is 0.0980. The van der Waals surface area contributed by atoms with Crippen LogP contribution in [0, 0.1) is 0 Å². The van der Waals surface area contributed by atoms with Crippen LogP contribution in [0.4, 0.5) is 0 Å². The predicted molar refractivity (Wildman–Crippen MR) is 74.2 cm³/mol. The molecule has 0 radical (unpaired) electrons. The Labute approximate surface area is 114 Å². The SMILES string of the molecule is CCNCc1ccc(S(=O)(=O)NC2(C)CCC2)nc1. The van der Waals surface area contributed by atoms with Crippen LogP contribution in [0.25, 0.3) is 0 Å². The van der Waals surface area contributed by atoms with Gasteiger partial charge in [0.05, 0.1) is 0 Å². The molecule has 1 aliphatic carbocycles. The summed E-state index contributed by atoms with van der Waals surface area (Å²) in [6.45, 7) is 5.54. The third kappa shape index (κ3) is 3.52. The first-order chi connectivity index (χ1) is 8.95. The molecule has 2 rings (SSSR count). The van der Waals surface area contributed by atoms with E-state index in [1.54, 1.807) is 18.3 Å². The van der Waals surface area contributed by atoms with Gasteiger partial charge in [-0.15, -0.1) is 0 Å². The fourth-order valence-electron chi connectivity index (χ4n) is 2.13. The van der Waals surface area contributed by atoms with E-state index in [1.807, 2.05) is 13.8 Å². The van der Waals surface area contributed by atoms with Gasteiger partial charge in [0.1, 0.15) is 0 Å². The molecule has 19 heavy (non-hydrogen) atoms. The molecule has 0 spiro atoms. The van der Waals surface area contributed by atoms with Crippen molar-refractivity contribution in [2.75, 3.05) is 6.54 Å². The molecule has 0 aromatic carbocycles. The topological polar surface area (TPSA) is 71.1 Å². The summed E-state index contributed by atoms with van der Waals surface area (Å²) >= 11 is 0. The van der Waals surface area contributed by atoms with Gasteiger partial charge >= 0.3 is 0 Å². The highest BCUT2D eigenvalue weighted by Gasteiger charge is 2.36. The molecule has 1 aromatic rings. The molecule has 0 unspecified atom stereocenters. The van der Waals surface area contributed by atoms with Gasteiger partial charge in [0, 0.05) is 18.3 Å². The highest BCUT2D eigenvalue weighted by molar-refractivity contribution is 7.89. The fourth-order valence-corrected chi connectivity index (χ4v) is 3.53. The van der Waals surface area contributed by atoms with Gasteiger partial charge in [0.2, 0.25) is 0 Å². The first-order valence-electron chi connectivity index (χ1n) is 6.65. The Balaban J connectivity index is 2.08. The van der Waals surface area contributed by atoms with Crippen LogP contribution in [-0.2, 0) is 16.6 Å². The summed E-state index contributed by atoms with van der Waals surface area (Å²) in [5.74, 6) is 0. The maximum absolute atomic E-state index is 12.2. The molecule has 0 aliphatic heterocycles. The van der Waals surface area contributed by atoms with Crippen molar-refractivity contribution in [3.8, 4) is 0 Å². The van der Waals surface area contributed by atoms with Gasteiger partial charge in [-0.25, -0.2) is 18.1 Å². The van der Waals surface area contributed by atoms with Crippen LogP contribution in [0.3, 0.4) is 0 Å². The lowest BCUT2D eigenvalue weighted by Gasteiger charge is -2.38. The van der Waals surface area contributed by atoms with Crippen LogP contribution in [-0.4, -0.2) is 25.5 Å². The number of hydrogen-bond donors (Lipinski definition) is 2. The quantitative estimate of drug-likeness (QED) is 0.828. The predicted octanol–water partition coefficient (Wildman–Crippen LogP) is 1.41. The standard InChI is InChI=1S/C13H21N3O2S/c1-3-14-9-11-5-6-12(15-10-11)19(17,18)16-13(2)7-4-8-13/h5-6,10,14,16H,3-4,7-9H2,1-2H3. The maximum Gasteiger partial charge on any atom is 0.258 e. The second-order valence-corrected chi connectivity index (χ2v) is 6.93. The van der Waals surface area contributed by atoms with E-state index in [1.165, 1.54) is 0 Å². The van der Waals surface area contributed by atoms with Crippen molar-refractivity contribution in [1.82, 2.24) is 15.0 Å². The van der Waals surface area contributed by atoms with E-state index in [2.05, 4.69) is 15.0 Å². The lowest BCUT2D eigenvalue weighted by Crippen LogP contribution is -2.50. The Kier molecular flexibility index (Phi) is 4.23. The lowest BCUT2D eigenvalue weighted by molar-refractivity contribution is 0.247. The summed E-state index contributed by atoms with van der Waals surface area (Å²) < 4.78 is 27.1. The summed E-state index contributed by atoms with van der Waals surface area (Å²) in [7, 11) is -3.50. The Hall–Kier alpha value is -0.980. The third-order valence-corrected chi connectivity index (χ3v) is 5.04. The van der Waals surface area contributed by atoms with E-state index in [0.29, 0.717) is 6.54 Å². The number of aromatic nitrogens is 1. The third-order valence-electron chi connectivity index (χ3n) is 3.49. The molecular weight excluding hydrogens is 262 g/mol. The fraction of sp³-hybridized carbons (Fsp3) is 0.615. The van der Waals surface area contributed by atoms with Crippen LogP contribution in [0.5, 0.6) is 0 Å². The van der Waals surface area contributed by atoms with Crippen LogP contribution < -0.4 is 10.0 Å². The second kappa shape index (κ2) is 5.56. The van der Waals surface area contributed by atoms with E-state index in [4.69, 9.17) is 0 Å². The second-order valence-electron chi connectivity index (χ2n) is 5.30. The van der Waals surface area contributed by atoms with Crippen LogP contribution in [0.1, 0.15) is 38.7 Å². The molecule has 1 aliphatic rings. The summed E-state index contributed by atoms with van der Waals surface area (Å²) in [6.07, 6.45) is 4.48. The first-order valence-corrected chi connectivity index (χ1v) is 8.13. The van der Waals surface area contributed by atoms with Gasteiger partial charge < -0.3 is 5.32 Å². The number of hydrogen-bond acceptors (Lipinski definition) is 4. The van der Waals surface area contributed by atoms with Crippen molar-refractivity contribution in [3.05, 3.63) is 23.9 Å². The highest BCUT2D eigenvalue weighted by atomic mass is 32.2. The smallest absolute Gasteiger partial charge is 0.258 e. The molecule has 1 fully saturated rings. The number of sulfonamides is 1. The minimum atomic E-state index is -3.50. The molecule has 0 atom stereocenters. The zero-order valence-electron chi connectivity index (χ0n) is 11.4. The Morgan fingerprint density at radius 1 is 1.37 bits per heavy atom. The Bertz CT molecular complexity index is 521. The minimum Gasteiger partial charge on any atom is -0.313 e. The molecule has 1 saturated carbocycles. The van der Waals surface area contributed by atoms with Gasteiger partial charge in [-0.2, -0.15) is 0 Å². The maximum atomic E-state index is 12.2. The molecule has 6 heteroatoms. The zero-order valence-corrected chi connectivity index (χ0v) is 12.3. The lowest BCUT2D eigenvalue weighted by atomic mass is 9.80. The van der Waals surface area contributed by atoms with Gasteiger partial charge in [-0.05, 0) is 44.4 Å². The summed E-state index contributed by atoms with van der Waals surface area (Å²) in [5.41, 5.74) is 0.693. The first kappa shape index (κ1) is 14.4. The molecule has 1 heterocycles. The van der Waals surface area contributed by atoms with Crippen LogP contribution in [0.2, 0.25) is 0 Å². The molecule has 106 valence electrons. The summed E-state index contributed by atoms with van der Waals surface area (Å²) in [6, 6.07) is 3.37. The Morgan fingerprint density at radius 3 is 2.58 bits per heavy atom. The number of rotatable bonds is 6. The molecule has 1 aromatic heterocycles. The van der Waals surface area contributed by atoms with E-state index < -0.39 is 10.0 Å². The largest absolute Gasteiger partial charge is 0.313 e. The number of pyridine rings is 1. The van der Waals surface area contributed by atoms with Crippen molar-refractivity contribution >= 4 is 10.0 Å². The average molecular weight is 283 g/mol. The van der Waals surface area contributed by atoms with Crippen molar-refractivity contribution in [2.45, 2.75) is 50.2 Å². The van der Waals surface area contributed by atoms with Gasteiger partial charge in [0.15, 0.2) is 5.03 Å². The summed E-state index contributed by atoms with van der Waals surface area (Å²) in [5, 5.41) is 3.27. The summed E-state index contributed by atoms with van der Waals surface area (Å²) in [4.78, 5) is 4.06. The van der Waals surface area contributed by atoms with E-state index in [0.717, 1.165) is 31.4 Å². The van der Waals surface area contributed by atoms with E-state index in [9.17, 15) is 8.42 Å². The molecular formula is C13H21N3O2S. The Morgan fingerprint density at radius 2 is 2.11 bits per heavy atom. The van der Waals surface area contributed by atoms with Crippen molar-refractivity contribution in [2.24, 2.45) is 0 Å². The van der Waals surface area contributed by atoms with Crippen molar-refractivity contribution in [1.29, 1.82) is 0 Å². The van der Waals surface area contributed by atoms with Crippen molar-refractivity contribution < 1.29 is 8.42 Å². The zero-order chi connectivity index (χ0) is 13.9. The average Bonchev–Trinajstić information content (AvgIpc) is 2.34. The highest BCUT2D eigenvalue weighted by Crippen LogP contribution is 2.32. The van der Waals surface area contributed by atoms with Gasteiger partial charge in [-0.3, -0.25) is 0 Å². The molecule has 5 nitrogen and oxygen atoms in total. The van der Waals surface area contributed by atoms with E-state index in [-0.39, 0.29) is 10.6 Å².